The molecule has 23 heavy (non-hydrogen) atoms. The van der Waals surface area contributed by atoms with Crippen molar-refractivity contribution >= 4 is 12.4 Å². The average molecular weight is 317 g/mol. The van der Waals surface area contributed by atoms with Crippen molar-refractivity contribution in [2.45, 2.75) is 58.0 Å². The molecule has 1 heterocycles. The number of rotatable bonds is 3. The molecule has 1 aliphatic heterocycles. The van der Waals surface area contributed by atoms with Gasteiger partial charge >= 0.3 is 6.09 Å². The molecule has 1 aliphatic rings. The third-order valence-electron chi connectivity index (χ3n) is 4.48. The zero-order chi connectivity index (χ0) is 17.1. The Hall–Kier alpha value is -1.84. The molecule has 126 valence electrons. The minimum Gasteiger partial charge on any atom is -0.444 e. The first kappa shape index (κ1) is 17.5. The second-order valence-electron chi connectivity index (χ2n) is 7.49. The van der Waals surface area contributed by atoms with Gasteiger partial charge in [0.05, 0.1) is 0 Å². The van der Waals surface area contributed by atoms with Gasteiger partial charge in [0, 0.05) is 24.9 Å². The zero-order valence-electron chi connectivity index (χ0n) is 14.6. The van der Waals surface area contributed by atoms with E-state index in [2.05, 4.69) is 25.1 Å². The van der Waals surface area contributed by atoms with Crippen LogP contribution in [-0.4, -0.2) is 36.0 Å². The third-order valence-corrected chi connectivity index (χ3v) is 4.48. The van der Waals surface area contributed by atoms with Crippen LogP contribution < -0.4 is 0 Å². The predicted molar refractivity (Wildman–Crippen MR) is 90.6 cm³/mol. The minimum atomic E-state index is -0.481. The number of hydrogen-bond acceptors (Lipinski definition) is 3. The summed E-state index contributed by atoms with van der Waals surface area (Å²) in [6.07, 6.45) is 2.81. The molecule has 4 nitrogen and oxygen atoms in total. The van der Waals surface area contributed by atoms with Gasteiger partial charge in [-0.25, -0.2) is 4.79 Å². The number of aldehydes is 1. The fraction of sp³-hybridized carbons (Fsp3) is 0.579. The van der Waals surface area contributed by atoms with E-state index in [1.54, 1.807) is 4.90 Å². The number of hydrogen-bond donors (Lipinski definition) is 0. The van der Waals surface area contributed by atoms with Crippen molar-refractivity contribution in [3.05, 3.63) is 35.4 Å². The predicted octanol–water partition coefficient (Wildman–Crippen LogP) is 3.85. The first-order valence-electron chi connectivity index (χ1n) is 8.24. The van der Waals surface area contributed by atoms with Gasteiger partial charge in [0.15, 0.2) is 0 Å². The number of nitrogens with zero attached hydrogens (tertiary/aromatic N) is 1. The SMILES string of the molecule is Cc1cccc(C2(CC=O)CCN(C(=O)OC(C)(C)C)CC2)c1. The van der Waals surface area contributed by atoms with Gasteiger partial charge in [0.2, 0.25) is 0 Å². The second-order valence-corrected chi connectivity index (χ2v) is 7.49. The molecule has 0 saturated carbocycles. The summed E-state index contributed by atoms with van der Waals surface area (Å²) in [6, 6.07) is 8.36. The van der Waals surface area contributed by atoms with Gasteiger partial charge < -0.3 is 14.4 Å². The van der Waals surface area contributed by atoms with Crippen LogP contribution >= 0.6 is 0 Å². The molecule has 1 aromatic rings. The summed E-state index contributed by atoms with van der Waals surface area (Å²) in [5.41, 5.74) is 1.76. The fourth-order valence-corrected chi connectivity index (χ4v) is 3.19. The van der Waals surface area contributed by atoms with E-state index >= 15 is 0 Å². The Morgan fingerprint density at radius 2 is 1.96 bits per heavy atom. The number of ether oxygens (including phenoxy) is 1. The van der Waals surface area contributed by atoms with Crippen LogP contribution in [0.1, 0.15) is 51.2 Å². The highest BCUT2D eigenvalue weighted by atomic mass is 16.6. The molecule has 0 radical (unpaired) electrons. The normalized spacial score (nSPS) is 17.7. The van der Waals surface area contributed by atoms with Crippen molar-refractivity contribution in [3.8, 4) is 0 Å². The van der Waals surface area contributed by atoms with Gasteiger partial charge in [0.25, 0.3) is 0 Å². The second kappa shape index (κ2) is 6.73. The zero-order valence-corrected chi connectivity index (χ0v) is 14.6. The summed E-state index contributed by atoms with van der Waals surface area (Å²) >= 11 is 0. The average Bonchev–Trinajstić information content (AvgIpc) is 2.46. The molecule has 0 atom stereocenters. The molecule has 0 unspecified atom stereocenters. The lowest BCUT2D eigenvalue weighted by Gasteiger charge is -2.41. The molecular weight excluding hydrogens is 290 g/mol. The van der Waals surface area contributed by atoms with Crippen LogP contribution in [-0.2, 0) is 14.9 Å². The number of aryl methyl sites for hydroxylation is 1. The Balaban J connectivity index is 2.12. The quantitative estimate of drug-likeness (QED) is 0.795. The summed E-state index contributed by atoms with van der Waals surface area (Å²) in [7, 11) is 0. The molecule has 4 heteroatoms. The number of benzene rings is 1. The van der Waals surface area contributed by atoms with E-state index in [4.69, 9.17) is 4.74 Å². The first-order chi connectivity index (χ1) is 10.8. The maximum absolute atomic E-state index is 12.2. The van der Waals surface area contributed by atoms with E-state index in [1.165, 1.54) is 11.1 Å². The molecule has 0 aromatic heterocycles. The lowest BCUT2D eigenvalue weighted by Crippen LogP contribution is -2.47. The van der Waals surface area contributed by atoms with E-state index < -0.39 is 5.60 Å². The maximum atomic E-state index is 12.2. The summed E-state index contributed by atoms with van der Waals surface area (Å²) in [5.74, 6) is 0. The van der Waals surface area contributed by atoms with Crippen LogP contribution in [0.15, 0.2) is 24.3 Å². The van der Waals surface area contributed by atoms with Crippen LogP contribution in [0.2, 0.25) is 0 Å². The van der Waals surface area contributed by atoms with E-state index in [9.17, 15) is 9.59 Å². The Bertz CT molecular complexity index is 566. The van der Waals surface area contributed by atoms with Crippen LogP contribution in [0.3, 0.4) is 0 Å². The lowest BCUT2D eigenvalue weighted by atomic mass is 9.70. The van der Waals surface area contributed by atoms with Crippen molar-refractivity contribution in [1.82, 2.24) is 4.90 Å². The van der Waals surface area contributed by atoms with Crippen LogP contribution in [0.4, 0.5) is 4.79 Å². The standard InChI is InChI=1S/C19H27NO3/c1-15-6-5-7-16(14-15)19(10-13-21)8-11-20(12-9-19)17(22)23-18(2,3)4/h5-7,13-14H,8-12H2,1-4H3. The Morgan fingerprint density at radius 3 is 2.48 bits per heavy atom. The van der Waals surface area contributed by atoms with E-state index in [0.29, 0.717) is 19.5 Å². The topological polar surface area (TPSA) is 46.6 Å². The van der Waals surface area contributed by atoms with Gasteiger partial charge in [-0.15, -0.1) is 0 Å². The molecule has 0 aliphatic carbocycles. The smallest absolute Gasteiger partial charge is 0.410 e. The summed E-state index contributed by atoms with van der Waals surface area (Å²) in [5, 5.41) is 0. The molecule has 2 rings (SSSR count). The largest absolute Gasteiger partial charge is 0.444 e. The molecule has 1 amide bonds. The molecular formula is C19H27NO3. The molecule has 0 N–H and O–H groups in total. The number of amides is 1. The van der Waals surface area contributed by atoms with Crippen molar-refractivity contribution in [2.24, 2.45) is 0 Å². The Morgan fingerprint density at radius 1 is 1.30 bits per heavy atom. The van der Waals surface area contributed by atoms with E-state index in [0.717, 1.165) is 19.1 Å². The molecule has 1 fully saturated rings. The van der Waals surface area contributed by atoms with Crippen LogP contribution in [0.5, 0.6) is 0 Å². The van der Waals surface area contributed by atoms with Crippen molar-refractivity contribution in [2.75, 3.05) is 13.1 Å². The van der Waals surface area contributed by atoms with Gasteiger partial charge in [0.1, 0.15) is 11.9 Å². The monoisotopic (exact) mass is 317 g/mol. The molecule has 0 spiro atoms. The van der Waals surface area contributed by atoms with Crippen molar-refractivity contribution in [3.63, 3.8) is 0 Å². The lowest BCUT2D eigenvalue weighted by molar-refractivity contribution is -0.109. The summed E-state index contributed by atoms with van der Waals surface area (Å²) < 4.78 is 5.45. The van der Waals surface area contributed by atoms with Crippen molar-refractivity contribution < 1.29 is 14.3 Å². The van der Waals surface area contributed by atoms with Crippen LogP contribution in [0.25, 0.3) is 0 Å². The molecule has 1 aromatic carbocycles. The highest BCUT2D eigenvalue weighted by molar-refractivity contribution is 5.68. The Kier molecular flexibility index (Phi) is 5.12. The summed E-state index contributed by atoms with van der Waals surface area (Å²) in [6.45, 7) is 8.93. The number of piperidine rings is 1. The highest BCUT2D eigenvalue weighted by Gasteiger charge is 2.38. The van der Waals surface area contributed by atoms with Gasteiger partial charge in [-0.2, -0.15) is 0 Å². The number of likely N-dealkylation sites (tertiary alicyclic amines) is 1. The fourth-order valence-electron chi connectivity index (χ4n) is 3.19. The molecule has 0 bridgehead atoms. The third kappa shape index (κ3) is 4.34. The number of carbonyl (C=O) groups is 2. The van der Waals surface area contributed by atoms with Gasteiger partial charge in [-0.05, 0) is 46.1 Å². The molecule has 1 saturated heterocycles. The van der Waals surface area contributed by atoms with E-state index in [1.807, 2.05) is 26.8 Å². The van der Waals surface area contributed by atoms with E-state index in [-0.39, 0.29) is 11.5 Å². The minimum absolute atomic E-state index is 0.160. The van der Waals surface area contributed by atoms with Gasteiger partial charge in [-0.1, -0.05) is 29.8 Å². The van der Waals surface area contributed by atoms with Crippen molar-refractivity contribution in [1.29, 1.82) is 0 Å². The van der Waals surface area contributed by atoms with Crippen LogP contribution in [0, 0.1) is 6.92 Å². The number of carbonyl (C=O) groups excluding carboxylic acids is 2. The first-order valence-corrected chi connectivity index (χ1v) is 8.24. The maximum Gasteiger partial charge on any atom is 0.410 e. The summed E-state index contributed by atoms with van der Waals surface area (Å²) in [4.78, 5) is 25.2. The Labute approximate surface area is 138 Å². The van der Waals surface area contributed by atoms with Gasteiger partial charge in [-0.3, -0.25) is 0 Å². The highest BCUT2D eigenvalue weighted by Crippen LogP contribution is 2.38.